The van der Waals surface area contributed by atoms with Gasteiger partial charge in [0.15, 0.2) is 0 Å². The molecule has 0 spiro atoms. The first kappa shape index (κ1) is 16.0. The molecule has 1 unspecified atom stereocenters. The van der Waals surface area contributed by atoms with Gasteiger partial charge in [0.1, 0.15) is 16.7 Å². The van der Waals surface area contributed by atoms with Gasteiger partial charge in [-0.15, -0.1) is 0 Å². The van der Waals surface area contributed by atoms with Gasteiger partial charge in [0.2, 0.25) is 0 Å². The smallest absolute Gasteiger partial charge is 0.137 e. The van der Waals surface area contributed by atoms with Crippen LogP contribution in [0.2, 0.25) is 0 Å². The topological polar surface area (TPSA) is 43.8 Å². The van der Waals surface area contributed by atoms with E-state index in [0.717, 1.165) is 34.8 Å². The predicted octanol–water partition coefficient (Wildman–Crippen LogP) is 3.44. The van der Waals surface area contributed by atoms with Crippen LogP contribution in [0, 0.1) is 18.6 Å². The predicted molar refractivity (Wildman–Crippen MR) is 80.4 cm³/mol. The molecule has 1 heterocycles. The molecule has 0 saturated carbocycles. The molecule has 2 rings (SSSR count). The van der Waals surface area contributed by atoms with Crippen LogP contribution in [0.25, 0.3) is 0 Å². The highest BCUT2D eigenvalue weighted by Crippen LogP contribution is 2.34. The van der Waals surface area contributed by atoms with Crippen LogP contribution in [0.4, 0.5) is 8.78 Å². The number of nitrogens with zero attached hydrogens (tertiary/aromatic N) is 2. The number of benzene rings is 1. The van der Waals surface area contributed by atoms with Crippen LogP contribution in [0.3, 0.4) is 0 Å². The molecule has 0 fully saturated rings. The third-order valence-corrected chi connectivity index (χ3v) is 4.62. The molecule has 3 nitrogen and oxygen atoms in total. The number of aryl methyl sites for hydroxylation is 2. The number of halogens is 2. The second kappa shape index (κ2) is 6.58. The maximum absolute atomic E-state index is 13.8. The normalized spacial score (nSPS) is 12.7. The quantitative estimate of drug-likeness (QED) is 0.920. The molecule has 21 heavy (non-hydrogen) atoms. The lowest BCUT2D eigenvalue weighted by Crippen LogP contribution is -2.21. The Labute approximate surface area is 127 Å². The Hall–Kier alpha value is -1.40. The van der Waals surface area contributed by atoms with E-state index in [1.807, 2.05) is 13.8 Å². The van der Waals surface area contributed by atoms with Gasteiger partial charge in [0.05, 0.1) is 10.6 Å². The molecule has 0 aliphatic carbocycles. The Morgan fingerprint density at radius 2 is 2.10 bits per heavy atom. The van der Waals surface area contributed by atoms with E-state index in [9.17, 15) is 8.78 Å². The maximum Gasteiger partial charge on any atom is 0.137 e. The molecule has 0 aliphatic heterocycles. The molecule has 1 atom stereocenters. The van der Waals surface area contributed by atoms with Crippen LogP contribution in [0.15, 0.2) is 28.1 Å². The van der Waals surface area contributed by atoms with Crippen LogP contribution in [-0.4, -0.2) is 15.8 Å². The lowest BCUT2D eigenvalue weighted by atomic mass is 10.1. The Morgan fingerprint density at radius 3 is 2.76 bits per heavy atom. The molecular weight excluding hydrogens is 292 g/mol. The zero-order valence-corrected chi connectivity index (χ0v) is 13.2. The molecule has 0 bridgehead atoms. The van der Waals surface area contributed by atoms with E-state index >= 15 is 0 Å². The Balaban J connectivity index is 2.37. The van der Waals surface area contributed by atoms with Crippen LogP contribution in [-0.2, 0) is 13.5 Å². The number of aromatic nitrogens is 2. The van der Waals surface area contributed by atoms with Gasteiger partial charge in [-0.2, -0.15) is 5.10 Å². The number of hydrogen-bond acceptors (Lipinski definition) is 3. The molecule has 2 aromatic rings. The Morgan fingerprint density at radius 1 is 1.38 bits per heavy atom. The minimum Gasteiger partial charge on any atom is -0.327 e. The molecule has 0 saturated heterocycles. The summed E-state index contributed by atoms with van der Waals surface area (Å²) in [5.41, 5.74) is 7.90. The lowest BCUT2D eigenvalue weighted by molar-refractivity contribution is 0.576. The number of nitrogens with two attached hydrogens (primary N) is 1. The summed E-state index contributed by atoms with van der Waals surface area (Å²) in [6.07, 6.45) is 1.53. The van der Waals surface area contributed by atoms with Crippen molar-refractivity contribution in [1.82, 2.24) is 9.78 Å². The van der Waals surface area contributed by atoms with Crippen molar-refractivity contribution in [2.75, 3.05) is 0 Å². The van der Waals surface area contributed by atoms with E-state index in [-0.39, 0.29) is 10.9 Å². The van der Waals surface area contributed by atoms with Crippen molar-refractivity contribution in [2.24, 2.45) is 12.8 Å². The van der Waals surface area contributed by atoms with Crippen LogP contribution >= 0.6 is 11.8 Å². The molecular formula is C15H19F2N3S. The summed E-state index contributed by atoms with van der Waals surface area (Å²) in [7, 11) is 1.80. The fraction of sp³-hybridized carbons (Fsp3) is 0.400. The van der Waals surface area contributed by atoms with Gasteiger partial charge in [-0.1, -0.05) is 18.7 Å². The minimum absolute atomic E-state index is 0.0320. The summed E-state index contributed by atoms with van der Waals surface area (Å²) < 4.78 is 28.8. The largest absolute Gasteiger partial charge is 0.327 e. The van der Waals surface area contributed by atoms with E-state index in [1.54, 1.807) is 11.7 Å². The first-order valence-corrected chi connectivity index (χ1v) is 7.65. The zero-order valence-electron chi connectivity index (χ0n) is 12.4. The van der Waals surface area contributed by atoms with E-state index in [2.05, 4.69) is 5.10 Å². The maximum atomic E-state index is 13.8. The highest BCUT2D eigenvalue weighted by Gasteiger charge is 2.18. The zero-order chi connectivity index (χ0) is 15.6. The van der Waals surface area contributed by atoms with Gasteiger partial charge < -0.3 is 5.73 Å². The van der Waals surface area contributed by atoms with Crippen molar-refractivity contribution in [2.45, 2.75) is 42.7 Å². The average molecular weight is 311 g/mol. The second-order valence-electron chi connectivity index (χ2n) is 5.04. The van der Waals surface area contributed by atoms with Crippen molar-refractivity contribution < 1.29 is 8.78 Å². The molecule has 2 N–H and O–H groups in total. The highest BCUT2D eigenvalue weighted by molar-refractivity contribution is 7.99. The summed E-state index contributed by atoms with van der Waals surface area (Å²) in [5.74, 6) is -0.893. The minimum atomic E-state index is -0.454. The number of hydrogen-bond donors (Lipinski definition) is 1. The third kappa shape index (κ3) is 3.63. The Bertz CT molecular complexity index is 640. The summed E-state index contributed by atoms with van der Waals surface area (Å²) in [4.78, 5) is 0.254. The van der Waals surface area contributed by atoms with Crippen molar-refractivity contribution in [3.8, 4) is 0 Å². The molecule has 114 valence electrons. The first-order valence-electron chi connectivity index (χ1n) is 6.83. The molecule has 6 heteroatoms. The van der Waals surface area contributed by atoms with Gasteiger partial charge in [0.25, 0.3) is 0 Å². The van der Waals surface area contributed by atoms with Crippen molar-refractivity contribution >= 4 is 11.8 Å². The molecule has 1 aromatic heterocycles. The third-order valence-electron chi connectivity index (χ3n) is 3.38. The van der Waals surface area contributed by atoms with Gasteiger partial charge in [-0.3, -0.25) is 4.68 Å². The Kier molecular flexibility index (Phi) is 5.00. The summed E-state index contributed by atoms with van der Waals surface area (Å²) >= 11 is 1.18. The van der Waals surface area contributed by atoms with Crippen molar-refractivity contribution in [1.29, 1.82) is 0 Å². The van der Waals surface area contributed by atoms with Gasteiger partial charge >= 0.3 is 0 Å². The standard InChI is InChI=1S/C15H19F2N3S/c1-4-11(18)8-12-9(2)19-20(3)15(12)21-14-7-10(16)5-6-13(14)17/h5-7,11H,4,8,18H2,1-3H3. The lowest BCUT2D eigenvalue weighted by Gasteiger charge is -2.11. The van der Waals surface area contributed by atoms with Crippen LogP contribution in [0.1, 0.15) is 24.6 Å². The van der Waals surface area contributed by atoms with Gasteiger partial charge in [-0.05, 0) is 38.0 Å². The first-order chi connectivity index (χ1) is 9.92. The second-order valence-corrected chi connectivity index (χ2v) is 6.07. The summed E-state index contributed by atoms with van der Waals surface area (Å²) in [5, 5.41) is 5.18. The van der Waals surface area contributed by atoms with Crippen molar-refractivity contribution in [3.63, 3.8) is 0 Å². The molecule has 1 aromatic carbocycles. The van der Waals surface area contributed by atoms with Gasteiger partial charge in [0, 0.05) is 18.7 Å². The molecule has 0 radical (unpaired) electrons. The fourth-order valence-electron chi connectivity index (χ4n) is 2.11. The molecule has 0 amide bonds. The van der Waals surface area contributed by atoms with Crippen LogP contribution < -0.4 is 5.73 Å². The van der Waals surface area contributed by atoms with Crippen molar-refractivity contribution in [3.05, 3.63) is 41.1 Å². The molecule has 0 aliphatic rings. The van der Waals surface area contributed by atoms with Crippen LogP contribution in [0.5, 0.6) is 0 Å². The fourth-order valence-corrected chi connectivity index (χ4v) is 3.18. The SMILES string of the molecule is CCC(N)Cc1c(C)nn(C)c1Sc1cc(F)ccc1F. The van der Waals surface area contributed by atoms with E-state index < -0.39 is 11.6 Å². The van der Waals surface area contributed by atoms with E-state index in [0.29, 0.717) is 6.42 Å². The monoisotopic (exact) mass is 311 g/mol. The van der Waals surface area contributed by atoms with Gasteiger partial charge in [-0.25, -0.2) is 8.78 Å². The average Bonchev–Trinajstić information content (AvgIpc) is 2.69. The number of rotatable bonds is 5. The summed E-state index contributed by atoms with van der Waals surface area (Å²) in [6.45, 7) is 3.93. The summed E-state index contributed by atoms with van der Waals surface area (Å²) in [6, 6.07) is 3.48. The highest BCUT2D eigenvalue weighted by atomic mass is 32.2. The van der Waals surface area contributed by atoms with E-state index in [4.69, 9.17) is 5.73 Å². The van der Waals surface area contributed by atoms with E-state index in [1.165, 1.54) is 17.8 Å².